The molecule has 1 amide bonds. The van der Waals surface area contributed by atoms with Crippen molar-refractivity contribution in [1.29, 1.82) is 0 Å². The van der Waals surface area contributed by atoms with Crippen LogP contribution < -0.4 is 10.2 Å². The minimum atomic E-state index is -0.0354. The van der Waals surface area contributed by atoms with Gasteiger partial charge in [-0.15, -0.1) is 15.3 Å². The first-order valence-electron chi connectivity index (χ1n) is 9.02. The number of benzene rings is 1. The molecule has 3 heterocycles. The van der Waals surface area contributed by atoms with Gasteiger partial charge in [-0.1, -0.05) is 18.2 Å². The van der Waals surface area contributed by atoms with Gasteiger partial charge < -0.3 is 10.2 Å². The average Bonchev–Trinajstić information content (AvgIpc) is 3.31. The van der Waals surface area contributed by atoms with Crippen molar-refractivity contribution >= 4 is 23.1 Å². The molecule has 7 heteroatoms. The van der Waals surface area contributed by atoms with Crippen molar-refractivity contribution in [3.8, 4) is 0 Å². The highest BCUT2D eigenvalue weighted by Crippen LogP contribution is 2.18. The van der Waals surface area contributed by atoms with E-state index in [-0.39, 0.29) is 5.91 Å². The fraction of sp³-hybridized carbons (Fsp3) is 0.368. The van der Waals surface area contributed by atoms with E-state index in [1.807, 2.05) is 43.3 Å². The van der Waals surface area contributed by atoms with Gasteiger partial charge in [0.25, 0.3) is 0 Å². The van der Waals surface area contributed by atoms with E-state index in [2.05, 4.69) is 25.5 Å². The van der Waals surface area contributed by atoms with E-state index in [9.17, 15) is 4.79 Å². The van der Waals surface area contributed by atoms with Crippen LogP contribution in [0.25, 0.3) is 5.65 Å². The number of amides is 1. The first kappa shape index (κ1) is 16.5. The largest absolute Gasteiger partial charge is 0.355 e. The van der Waals surface area contributed by atoms with Crippen LogP contribution in [0.1, 0.15) is 30.7 Å². The zero-order valence-corrected chi connectivity index (χ0v) is 14.9. The standard InChI is InChI=1S/C19H22N6O/c1-14-6-2-3-7-15(14)20-19(26)11-10-17-22-21-16-8-9-18(23-25(16)17)24-12-4-5-13-24/h2-3,6-9H,4-5,10-13H2,1H3,(H,20,26). The van der Waals surface area contributed by atoms with Gasteiger partial charge in [-0.05, 0) is 43.5 Å². The smallest absolute Gasteiger partial charge is 0.224 e. The molecule has 26 heavy (non-hydrogen) atoms. The molecule has 2 aromatic heterocycles. The zero-order valence-electron chi connectivity index (χ0n) is 14.9. The summed E-state index contributed by atoms with van der Waals surface area (Å²) in [5, 5.41) is 16.0. The third kappa shape index (κ3) is 3.37. The van der Waals surface area contributed by atoms with Crippen molar-refractivity contribution in [1.82, 2.24) is 19.8 Å². The molecule has 0 aliphatic carbocycles. The molecular formula is C19H22N6O. The molecule has 0 atom stereocenters. The van der Waals surface area contributed by atoms with E-state index in [1.54, 1.807) is 4.52 Å². The molecule has 1 aliphatic heterocycles. The maximum absolute atomic E-state index is 12.3. The average molecular weight is 350 g/mol. The Morgan fingerprint density at radius 3 is 2.73 bits per heavy atom. The number of hydrogen-bond acceptors (Lipinski definition) is 5. The summed E-state index contributed by atoms with van der Waals surface area (Å²) in [6.45, 7) is 4.05. The molecule has 4 rings (SSSR count). The summed E-state index contributed by atoms with van der Waals surface area (Å²) in [5.41, 5.74) is 2.60. The quantitative estimate of drug-likeness (QED) is 0.765. The molecule has 0 spiro atoms. The Bertz CT molecular complexity index is 929. The first-order valence-corrected chi connectivity index (χ1v) is 9.02. The Labute approximate surface area is 152 Å². The van der Waals surface area contributed by atoms with Crippen LogP contribution in [0.3, 0.4) is 0 Å². The molecule has 0 radical (unpaired) electrons. The van der Waals surface area contributed by atoms with Crippen LogP contribution in [0.2, 0.25) is 0 Å². The predicted molar refractivity (Wildman–Crippen MR) is 100 cm³/mol. The third-order valence-corrected chi connectivity index (χ3v) is 4.74. The minimum absolute atomic E-state index is 0.0354. The molecule has 1 N–H and O–H groups in total. The number of fused-ring (bicyclic) bond motifs is 1. The number of anilines is 2. The summed E-state index contributed by atoms with van der Waals surface area (Å²) >= 11 is 0. The molecule has 1 aliphatic rings. The van der Waals surface area contributed by atoms with Gasteiger partial charge >= 0.3 is 0 Å². The van der Waals surface area contributed by atoms with Crippen LogP contribution in [-0.4, -0.2) is 38.8 Å². The lowest BCUT2D eigenvalue weighted by Crippen LogP contribution is -2.20. The topological polar surface area (TPSA) is 75.4 Å². The monoisotopic (exact) mass is 350 g/mol. The molecule has 3 aromatic rings. The molecule has 0 saturated carbocycles. The fourth-order valence-electron chi connectivity index (χ4n) is 3.25. The normalized spacial score (nSPS) is 14.1. The summed E-state index contributed by atoms with van der Waals surface area (Å²) < 4.78 is 1.76. The maximum Gasteiger partial charge on any atom is 0.224 e. The SMILES string of the molecule is Cc1ccccc1NC(=O)CCc1nnc2ccc(N3CCCC3)nn12. The number of rotatable bonds is 5. The number of carbonyl (C=O) groups excluding carboxylic acids is 1. The molecule has 1 aromatic carbocycles. The number of aryl methyl sites for hydroxylation is 2. The summed E-state index contributed by atoms with van der Waals surface area (Å²) in [7, 11) is 0. The number of carbonyl (C=O) groups is 1. The first-order chi connectivity index (χ1) is 12.7. The Hall–Kier alpha value is -2.96. The second kappa shape index (κ2) is 7.11. The van der Waals surface area contributed by atoms with Gasteiger partial charge in [0.2, 0.25) is 5.91 Å². The van der Waals surface area contributed by atoms with E-state index in [1.165, 1.54) is 12.8 Å². The second-order valence-corrected chi connectivity index (χ2v) is 6.64. The van der Waals surface area contributed by atoms with Gasteiger partial charge in [0, 0.05) is 31.6 Å². The van der Waals surface area contributed by atoms with E-state index in [0.717, 1.165) is 30.2 Å². The molecule has 7 nitrogen and oxygen atoms in total. The fourth-order valence-corrected chi connectivity index (χ4v) is 3.25. The van der Waals surface area contributed by atoms with Crippen LogP contribution in [-0.2, 0) is 11.2 Å². The summed E-state index contributed by atoms with van der Waals surface area (Å²) in [4.78, 5) is 14.5. The van der Waals surface area contributed by atoms with Crippen molar-refractivity contribution < 1.29 is 4.79 Å². The molecular weight excluding hydrogens is 328 g/mol. The molecule has 1 saturated heterocycles. The number of para-hydroxylation sites is 1. The number of aromatic nitrogens is 4. The maximum atomic E-state index is 12.3. The number of nitrogens with zero attached hydrogens (tertiary/aromatic N) is 5. The Morgan fingerprint density at radius 1 is 1.12 bits per heavy atom. The molecule has 134 valence electrons. The van der Waals surface area contributed by atoms with E-state index in [4.69, 9.17) is 0 Å². The minimum Gasteiger partial charge on any atom is -0.355 e. The van der Waals surface area contributed by atoms with Crippen LogP contribution in [0, 0.1) is 6.92 Å². The van der Waals surface area contributed by atoms with Crippen molar-refractivity contribution in [3.05, 3.63) is 47.8 Å². The summed E-state index contributed by atoms with van der Waals surface area (Å²) in [6, 6.07) is 11.7. The number of hydrogen-bond donors (Lipinski definition) is 1. The lowest BCUT2D eigenvalue weighted by Gasteiger charge is -2.15. The van der Waals surface area contributed by atoms with E-state index in [0.29, 0.717) is 24.3 Å². The van der Waals surface area contributed by atoms with Gasteiger partial charge in [-0.25, -0.2) is 0 Å². The molecule has 1 fully saturated rings. The third-order valence-electron chi connectivity index (χ3n) is 4.74. The molecule has 0 bridgehead atoms. The van der Waals surface area contributed by atoms with Crippen molar-refractivity contribution in [3.63, 3.8) is 0 Å². The Morgan fingerprint density at radius 2 is 1.92 bits per heavy atom. The highest BCUT2D eigenvalue weighted by molar-refractivity contribution is 5.91. The predicted octanol–water partition coefficient (Wildman–Crippen LogP) is 2.60. The van der Waals surface area contributed by atoms with Gasteiger partial charge in [0.05, 0.1) is 0 Å². The van der Waals surface area contributed by atoms with Gasteiger partial charge in [-0.2, -0.15) is 4.52 Å². The lowest BCUT2D eigenvalue weighted by atomic mass is 10.2. The second-order valence-electron chi connectivity index (χ2n) is 6.64. The Kier molecular flexibility index (Phi) is 4.51. The van der Waals surface area contributed by atoms with Crippen LogP contribution >= 0.6 is 0 Å². The van der Waals surface area contributed by atoms with Gasteiger partial charge in [-0.3, -0.25) is 4.79 Å². The van der Waals surface area contributed by atoms with E-state index < -0.39 is 0 Å². The van der Waals surface area contributed by atoms with Crippen LogP contribution in [0.5, 0.6) is 0 Å². The summed E-state index contributed by atoms with van der Waals surface area (Å²) in [6.07, 6.45) is 3.24. The van der Waals surface area contributed by atoms with Crippen molar-refractivity contribution in [2.45, 2.75) is 32.6 Å². The van der Waals surface area contributed by atoms with Gasteiger partial charge in [0.1, 0.15) is 5.82 Å². The lowest BCUT2D eigenvalue weighted by molar-refractivity contribution is -0.116. The Balaban J connectivity index is 1.46. The van der Waals surface area contributed by atoms with Crippen molar-refractivity contribution in [2.75, 3.05) is 23.3 Å². The highest BCUT2D eigenvalue weighted by Gasteiger charge is 2.16. The van der Waals surface area contributed by atoms with Crippen LogP contribution in [0.15, 0.2) is 36.4 Å². The van der Waals surface area contributed by atoms with Gasteiger partial charge in [0.15, 0.2) is 11.5 Å². The molecule has 0 unspecified atom stereocenters. The number of nitrogens with one attached hydrogen (secondary N) is 1. The van der Waals surface area contributed by atoms with Crippen molar-refractivity contribution in [2.24, 2.45) is 0 Å². The van der Waals surface area contributed by atoms with E-state index >= 15 is 0 Å². The zero-order chi connectivity index (χ0) is 17.9. The van der Waals surface area contributed by atoms with Crippen LogP contribution in [0.4, 0.5) is 11.5 Å². The summed E-state index contributed by atoms with van der Waals surface area (Å²) in [5.74, 6) is 1.62. The highest BCUT2D eigenvalue weighted by atomic mass is 16.1.